The molecule has 0 heterocycles. The van der Waals surface area contributed by atoms with Crippen LogP contribution in [0.1, 0.15) is 57.6 Å². The van der Waals surface area contributed by atoms with Crippen molar-refractivity contribution in [2.75, 3.05) is 6.54 Å². The first-order chi connectivity index (χ1) is 8.88. The number of nitrogens with one attached hydrogen (secondary N) is 1. The van der Waals surface area contributed by atoms with Crippen LogP contribution in [-0.4, -0.2) is 12.6 Å². The first-order valence-corrected chi connectivity index (χ1v) is 7.68. The summed E-state index contributed by atoms with van der Waals surface area (Å²) in [5, 5.41) is 3.76. The van der Waals surface area contributed by atoms with E-state index in [0.717, 1.165) is 24.4 Å². The van der Waals surface area contributed by atoms with E-state index >= 15 is 0 Å². The van der Waals surface area contributed by atoms with Gasteiger partial charge in [0, 0.05) is 12.6 Å². The third kappa shape index (κ3) is 3.60. The Morgan fingerprint density at radius 3 is 2.53 bits per heavy atom. The molecule has 1 nitrogen and oxygen atoms in total. The average molecular weight is 259 g/mol. The Balaban J connectivity index is 1.78. The second-order valence-electron chi connectivity index (χ2n) is 7.30. The second-order valence-corrected chi connectivity index (χ2v) is 7.30. The summed E-state index contributed by atoms with van der Waals surface area (Å²) in [6.45, 7) is 12.7. The first-order valence-electron chi connectivity index (χ1n) is 7.68. The molecule has 0 radical (unpaired) electrons. The van der Waals surface area contributed by atoms with Crippen molar-refractivity contribution < 1.29 is 0 Å². The van der Waals surface area contributed by atoms with Crippen LogP contribution in [0.25, 0.3) is 0 Å². The van der Waals surface area contributed by atoms with Crippen LogP contribution in [0.15, 0.2) is 24.3 Å². The van der Waals surface area contributed by atoms with E-state index in [-0.39, 0.29) is 0 Å². The van der Waals surface area contributed by atoms with Crippen molar-refractivity contribution >= 4 is 0 Å². The Morgan fingerprint density at radius 2 is 1.95 bits per heavy atom. The van der Waals surface area contributed by atoms with Crippen LogP contribution < -0.4 is 5.32 Å². The lowest BCUT2D eigenvalue weighted by atomic mass is 9.74. The molecule has 1 heteroatoms. The van der Waals surface area contributed by atoms with E-state index in [1.165, 1.54) is 24.0 Å². The van der Waals surface area contributed by atoms with Gasteiger partial charge in [-0.3, -0.25) is 0 Å². The summed E-state index contributed by atoms with van der Waals surface area (Å²) in [4.78, 5) is 0. The first kappa shape index (κ1) is 14.6. The molecule has 1 aliphatic rings. The topological polar surface area (TPSA) is 12.0 Å². The zero-order valence-corrected chi connectivity index (χ0v) is 13.2. The predicted octanol–water partition coefficient (Wildman–Crippen LogP) is 4.51. The fraction of sp³-hybridized carbons (Fsp3) is 0.667. The number of rotatable bonds is 5. The molecule has 19 heavy (non-hydrogen) atoms. The molecule has 0 aromatic heterocycles. The van der Waals surface area contributed by atoms with Gasteiger partial charge in [0.1, 0.15) is 0 Å². The fourth-order valence-corrected chi connectivity index (χ4v) is 2.59. The molecular formula is C18H29N. The molecule has 0 aliphatic heterocycles. The zero-order valence-electron chi connectivity index (χ0n) is 13.2. The summed E-state index contributed by atoms with van der Waals surface area (Å²) in [6, 6.07) is 9.73. The van der Waals surface area contributed by atoms with Crippen LogP contribution in [0, 0.1) is 18.3 Å². The van der Waals surface area contributed by atoms with E-state index < -0.39 is 0 Å². The number of aryl methyl sites for hydroxylation is 1. The monoisotopic (exact) mass is 259 g/mol. The maximum absolute atomic E-state index is 3.76. The maximum atomic E-state index is 3.76. The zero-order chi connectivity index (χ0) is 14.0. The van der Waals surface area contributed by atoms with Gasteiger partial charge in [0.2, 0.25) is 0 Å². The molecule has 0 saturated heterocycles. The van der Waals surface area contributed by atoms with E-state index in [0.29, 0.717) is 5.41 Å². The molecule has 106 valence electrons. The average Bonchev–Trinajstić information content (AvgIpc) is 2.26. The largest absolute Gasteiger partial charge is 0.313 e. The molecule has 0 spiro atoms. The van der Waals surface area contributed by atoms with Crippen molar-refractivity contribution in [3.8, 4) is 0 Å². The molecule has 1 aliphatic carbocycles. The highest BCUT2D eigenvalue weighted by molar-refractivity contribution is 5.27. The minimum atomic E-state index is 0.397. The predicted molar refractivity (Wildman–Crippen MR) is 83.6 cm³/mol. The van der Waals surface area contributed by atoms with Crippen molar-refractivity contribution in [3.05, 3.63) is 35.4 Å². The van der Waals surface area contributed by atoms with Gasteiger partial charge in [0.05, 0.1) is 0 Å². The quantitative estimate of drug-likeness (QED) is 0.820. The third-order valence-corrected chi connectivity index (χ3v) is 5.06. The lowest BCUT2D eigenvalue weighted by Gasteiger charge is -2.39. The highest BCUT2D eigenvalue weighted by Gasteiger charge is 2.32. The Kier molecular flexibility index (Phi) is 4.35. The molecule has 1 aromatic rings. The molecule has 0 unspecified atom stereocenters. The Bertz CT molecular complexity index is 413. The Morgan fingerprint density at radius 1 is 1.26 bits per heavy atom. The lowest BCUT2D eigenvalue weighted by Crippen LogP contribution is -2.45. The highest BCUT2D eigenvalue weighted by atomic mass is 14.9. The van der Waals surface area contributed by atoms with Gasteiger partial charge in [-0.25, -0.2) is 0 Å². The van der Waals surface area contributed by atoms with Gasteiger partial charge in [-0.1, -0.05) is 57.5 Å². The second kappa shape index (κ2) is 5.66. The van der Waals surface area contributed by atoms with Gasteiger partial charge in [-0.05, 0) is 42.6 Å². The van der Waals surface area contributed by atoms with Gasteiger partial charge >= 0.3 is 0 Å². The molecule has 0 amide bonds. The Labute approximate surface area is 118 Å². The minimum Gasteiger partial charge on any atom is -0.313 e. The Hall–Kier alpha value is -0.820. The van der Waals surface area contributed by atoms with Crippen LogP contribution in [0.4, 0.5) is 0 Å². The number of benzene rings is 1. The normalized spacial score (nSPS) is 23.5. The molecule has 1 fully saturated rings. The van der Waals surface area contributed by atoms with Gasteiger partial charge < -0.3 is 5.32 Å². The summed E-state index contributed by atoms with van der Waals surface area (Å²) < 4.78 is 0. The standard InChI is InChI=1S/C18H29N/c1-13(2)18(4,5)12-19-17-10-16(11-17)15-8-6-7-14(3)9-15/h6-9,13,16-17,19H,10-12H2,1-5H3. The SMILES string of the molecule is Cc1cccc(C2CC(NCC(C)(C)C(C)C)C2)c1. The van der Waals surface area contributed by atoms with Gasteiger partial charge in [0.15, 0.2) is 0 Å². The molecule has 0 atom stereocenters. The molecular weight excluding hydrogens is 230 g/mol. The molecule has 1 N–H and O–H groups in total. The third-order valence-electron chi connectivity index (χ3n) is 5.06. The molecule has 0 bridgehead atoms. The van der Waals surface area contributed by atoms with Crippen LogP contribution in [0.2, 0.25) is 0 Å². The van der Waals surface area contributed by atoms with Crippen molar-refractivity contribution in [2.45, 2.75) is 59.4 Å². The van der Waals surface area contributed by atoms with Gasteiger partial charge in [0.25, 0.3) is 0 Å². The van der Waals surface area contributed by atoms with E-state index in [1.807, 2.05) is 0 Å². The highest BCUT2D eigenvalue weighted by Crippen LogP contribution is 2.37. The smallest absolute Gasteiger partial charge is 0.00789 e. The van der Waals surface area contributed by atoms with E-state index in [2.05, 4.69) is 64.2 Å². The van der Waals surface area contributed by atoms with Crippen molar-refractivity contribution in [1.82, 2.24) is 5.32 Å². The minimum absolute atomic E-state index is 0.397. The number of hydrogen-bond donors (Lipinski definition) is 1. The van der Waals surface area contributed by atoms with Crippen molar-refractivity contribution in [1.29, 1.82) is 0 Å². The molecule has 1 aromatic carbocycles. The van der Waals surface area contributed by atoms with Gasteiger partial charge in [-0.15, -0.1) is 0 Å². The van der Waals surface area contributed by atoms with Crippen molar-refractivity contribution in [3.63, 3.8) is 0 Å². The van der Waals surface area contributed by atoms with Crippen LogP contribution in [0.5, 0.6) is 0 Å². The summed E-state index contributed by atoms with van der Waals surface area (Å²) in [5.74, 6) is 1.51. The summed E-state index contributed by atoms with van der Waals surface area (Å²) in [7, 11) is 0. The summed E-state index contributed by atoms with van der Waals surface area (Å²) >= 11 is 0. The summed E-state index contributed by atoms with van der Waals surface area (Å²) in [6.07, 6.45) is 2.61. The lowest BCUT2D eigenvalue weighted by molar-refractivity contribution is 0.197. The van der Waals surface area contributed by atoms with E-state index in [9.17, 15) is 0 Å². The van der Waals surface area contributed by atoms with Crippen molar-refractivity contribution in [2.24, 2.45) is 11.3 Å². The van der Waals surface area contributed by atoms with E-state index in [4.69, 9.17) is 0 Å². The van der Waals surface area contributed by atoms with Gasteiger partial charge in [-0.2, -0.15) is 0 Å². The summed E-state index contributed by atoms with van der Waals surface area (Å²) in [5.41, 5.74) is 3.31. The van der Waals surface area contributed by atoms with Crippen LogP contribution in [-0.2, 0) is 0 Å². The molecule has 2 rings (SSSR count). The number of hydrogen-bond acceptors (Lipinski definition) is 1. The maximum Gasteiger partial charge on any atom is 0.00789 e. The van der Waals surface area contributed by atoms with Crippen LogP contribution in [0.3, 0.4) is 0 Å². The molecule has 1 saturated carbocycles. The van der Waals surface area contributed by atoms with Crippen LogP contribution >= 0.6 is 0 Å². The van der Waals surface area contributed by atoms with E-state index in [1.54, 1.807) is 0 Å². The fourth-order valence-electron chi connectivity index (χ4n) is 2.59.